The number of aromatic nitrogens is 1. The van der Waals surface area contributed by atoms with Crippen LogP contribution in [0, 0.1) is 0 Å². The number of hydrogen-bond acceptors (Lipinski definition) is 6. The van der Waals surface area contributed by atoms with E-state index < -0.39 is 0 Å². The number of hydrogen-bond donors (Lipinski definition) is 0. The largest absolute Gasteiger partial charge is 0.493 e. The van der Waals surface area contributed by atoms with E-state index in [4.69, 9.17) is 14.5 Å². The number of thiazole rings is 1. The van der Waals surface area contributed by atoms with Gasteiger partial charge in [-0.15, -0.1) is 0 Å². The molecule has 33 heavy (non-hydrogen) atoms. The Bertz CT molecular complexity index is 1260. The number of carbonyl (C=O) groups is 1. The molecule has 2 heterocycles. The summed E-state index contributed by atoms with van der Waals surface area (Å²) in [6, 6.07) is 22.0. The normalized spacial score (nSPS) is 13.9. The van der Waals surface area contributed by atoms with Gasteiger partial charge in [0.05, 0.1) is 18.9 Å². The molecule has 1 aliphatic heterocycles. The number of methoxy groups -OCH3 is 2. The summed E-state index contributed by atoms with van der Waals surface area (Å²) >= 11 is 1.63. The lowest BCUT2D eigenvalue weighted by molar-refractivity contribution is 0.0747. The Balaban J connectivity index is 1.27. The standard InChI is InChI=1S/C26H25N3O3S/c1-31-21-12-13-22-23(24(21)32-2)27-26(33-22)29-16-14-28(15-17-29)25(30)20-10-8-19(9-11-20)18-6-4-3-5-7-18/h3-13H,14-17H2,1-2H3. The van der Waals surface area contributed by atoms with Crippen molar-refractivity contribution in [1.82, 2.24) is 9.88 Å². The minimum atomic E-state index is 0.0740. The summed E-state index contributed by atoms with van der Waals surface area (Å²) in [5.74, 6) is 1.41. The lowest BCUT2D eigenvalue weighted by atomic mass is 10.0. The minimum Gasteiger partial charge on any atom is -0.493 e. The van der Waals surface area contributed by atoms with Crippen molar-refractivity contribution in [2.24, 2.45) is 0 Å². The fraction of sp³-hybridized carbons (Fsp3) is 0.231. The molecule has 0 aliphatic carbocycles. The van der Waals surface area contributed by atoms with Gasteiger partial charge in [-0.25, -0.2) is 4.98 Å². The summed E-state index contributed by atoms with van der Waals surface area (Å²) in [7, 11) is 3.26. The summed E-state index contributed by atoms with van der Waals surface area (Å²) < 4.78 is 12.0. The lowest BCUT2D eigenvalue weighted by Gasteiger charge is -2.34. The number of ether oxygens (including phenoxy) is 2. The van der Waals surface area contributed by atoms with Gasteiger partial charge in [-0.2, -0.15) is 0 Å². The monoisotopic (exact) mass is 459 g/mol. The second kappa shape index (κ2) is 9.11. The fourth-order valence-corrected chi connectivity index (χ4v) is 5.17. The van der Waals surface area contributed by atoms with Crippen LogP contribution in [0.1, 0.15) is 10.4 Å². The van der Waals surface area contributed by atoms with Gasteiger partial charge in [0, 0.05) is 31.7 Å². The van der Waals surface area contributed by atoms with Gasteiger partial charge in [-0.05, 0) is 35.4 Å². The van der Waals surface area contributed by atoms with Crippen LogP contribution in [0.4, 0.5) is 5.13 Å². The van der Waals surface area contributed by atoms with Crippen molar-refractivity contribution in [2.75, 3.05) is 45.3 Å². The summed E-state index contributed by atoms with van der Waals surface area (Å²) in [5, 5.41) is 0.941. The molecule has 7 heteroatoms. The smallest absolute Gasteiger partial charge is 0.253 e. The number of amides is 1. The van der Waals surface area contributed by atoms with Gasteiger partial charge in [0.25, 0.3) is 5.91 Å². The first-order valence-electron chi connectivity index (χ1n) is 10.9. The summed E-state index contributed by atoms with van der Waals surface area (Å²) in [5.41, 5.74) is 3.80. The van der Waals surface area contributed by atoms with Gasteiger partial charge in [-0.1, -0.05) is 53.8 Å². The molecule has 3 aromatic carbocycles. The first-order chi connectivity index (χ1) is 16.2. The number of benzene rings is 3. The Morgan fingerprint density at radius 1 is 0.848 bits per heavy atom. The van der Waals surface area contributed by atoms with Crippen molar-refractivity contribution in [3.63, 3.8) is 0 Å². The Morgan fingerprint density at radius 2 is 1.55 bits per heavy atom. The molecule has 0 unspecified atom stereocenters. The number of fused-ring (bicyclic) bond motifs is 1. The van der Waals surface area contributed by atoms with E-state index in [0.717, 1.165) is 45.1 Å². The maximum Gasteiger partial charge on any atom is 0.253 e. The number of nitrogens with zero attached hydrogens (tertiary/aromatic N) is 3. The van der Waals surface area contributed by atoms with E-state index in [1.165, 1.54) is 0 Å². The molecule has 0 saturated carbocycles. The van der Waals surface area contributed by atoms with Crippen LogP contribution in [-0.4, -0.2) is 56.2 Å². The molecule has 0 radical (unpaired) electrons. The van der Waals surface area contributed by atoms with Gasteiger partial charge in [0.2, 0.25) is 0 Å². The van der Waals surface area contributed by atoms with Crippen molar-refractivity contribution < 1.29 is 14.3 Å². The number of anilines is 1. The highest BCUT2D eigenvalue weighted by molar-refractivity contribution is 7.22. The van der Waals surface area contributed by atoms with Crippen LogP contribution in [0.15, 0.2) is 66.7 Å². The van der Waals surface area contributed by atoms with Crippen molar-refractivity contribution in [3.8, 4) is 22.6 Å². The third-order valence-electron chi connectivity index (χ3n) is 5.97. The maximum absolute atomic E-state index is 13.0. The Morgan fingerprint density at radius 3 is 2.21 bits per heavy atom. The average molecular weight is 460 g/mol. The molecule has 168 valence electrons. The third kappa shape index (κ3) is 4.12. The van der Waals surface area contributed by atoms with Crippen LogP contribution in [0.25, 0.3) is 21.3 Å². The van der Waals surface area contributed by atoms with E-state index in [9.17, 15) is 4.79 Å². The highest BCUT2D eigenvalue weighted by atomic mass is 32.1. The van der Waals surface area contributed by atoms with Crippen molar-refractivity contribution in [3.05, 3.63) is 72.3 Å². The van der Waals surface area contributed by atoms with Crippen molar-refractivity contribution in [1.29, 1.82) is 0 Å². The SMILES string of the molecule is COc1ccc2sc(N3CCN(C(=O)c4ccc(-c5ccccc5)cc4)CC3)nc2c1OC. The molecular weight excluding hydrogens is 434 g/mol. The van der Waals surface area contributed by atoms with Gasteiger partial charge < -0.3 is 19.3 Å². The number of carbonyl (C=O) groups excluding carboxylic acids is 1. The van der Waals surface area contributed by atoms with Crippen LogP contribution in [0.5, 0.6) is 11.5 Å². The summed E-state index contributed by atoms with van der Waals surface area (Å²) in [6.07, 6.45) is 0. The van der Waals surface area contributed by atoms with Crippen molar-refractivity contribution >= 4 is 32.6 Å². The van der Waals surface area contributed by atoms with E-state index >= 15 is 0 Å². The van der Waals surface area contributed by atoms with Gasteiger partial charge in [-0.3, -0.25) is 4.79 Å². The zero-order valence-corrected chi connectivity index (χ0v) is 19.5. The molecule has 1 aliphatic rings. The molecule has 1 fully saturated rings. The highest BCUT2D eigenvalue weighted by Crippen LogP contribution is 2.40. The number of rotatable bonds is 5. The second-order valence-electron chi connectivity index (χ2n) is 7.87. The van der Waals surface area contributed by atoms with Crippen molar-refractivity contribution in [2.45, 2.75) is 0 Å². The van der Waals surface area contributed by atoms with E-state index in [1.54, 1.807) is 25.6 Å². The zero-order chi connectivity index (χ0) is 22.8. The van der Waals surface area contributed by atoms with Gasteiger partial charge in [0.1, 0.15) is 5.52 Å². The van der Waals surface area contributed by atoms with E-state index in [1.807, 2.05) is 59.5 Å². The zero-order valence-electron chi connectivity index (χ0n) is 18.7. The van der Waals surface area contributed by atoms with Crippen LogP contribution in [0.3, 0.4) is 0 Å². The van der Waals surface area contributed by atoms with E-state index in [-0.39, 0.29) is 5.91 Å². The topological polar surface area (TPSA) is 54.9 Å². The molecule has 0 atom stereocenters. The second-order valence-corrected chi connectivity index (χ2v) is 8.88. The van der Waals surface area contributed by atoms with Gasteiger partial charge in [0.15, 0.2) is 16.6 Å². The molecule has 0 spiro atoms. The first-order valence-corrected chi connectivity index (χ1v) is 11.7. The van der Waals surface area contributed by atoms with Crippen LogP contribution >= 0.6 is 11.3 Å². The molecule has 4 aromatic rings. The molecule has 6 nitrogen and oxygen atoms in total. The predicted molar refractivity (Wildman–Crippen MR) is 133 cm³/mol. The fourth-order valence-electron chi connectivity index (χ4n) is 4.15. The molecule has 1 aromatic heterocycles. The summed E-state index contributed by atoms with van der Waals surface area (Å²) in [6.45, 7) is 2.81. The van der Waals surface area contributed by atoms with E-state index in [2.05, 4.69) is 17.0 Å². The molecule has 5 rings (SSSR count). The van der Waals surface area contributed by atoms with Crippen LogP contribution in [0.2, 0.25) is 0 Å². The average Bonchev–Trinajstić information content (AvgIpc) is 3.33. The molecular formula is C26H25N3O3S. The Kier molecular flexibility index (Phi) is 5.88. The highest BCUT2D eigenvalue weighted by Gasteiger charge is 2.25. The number of piperazine rings is 1. The minimum absolute atomic E-state index is 0.0740. The molecule has 1 amide bonds. The van der Waals surface area contributed by atoms with Crippen LogP contribution in [-0.2, 0) is 0 Å². The molecule has 0 bridgehead atoms. The first kappa shape index (κ1) is 21.3. The van der Waals surface area contributed by atoms with Crippen LogP contribution < -0.4 is 14.4 Å². The lowest BCUT2D eigenvalue weighted by Crippen LogP contribution is -2.48. The Labute approximate surface area is 197 Å². The predicted octanol–water partition coefficient (Wildman–Crippen LogP) is 4.94. The maximum atomic E-state index is 13.0. The van der Waals surface area contributed by atoms with E-state index in [0.29, 0.717) is 24.6 Å². The Hall–Kier alpha value is -3.58. The molecule has 0 N–H and O–H groups in total. The van der Waals surface area contributed by atoms with Gasteiger partial charge >= 0.3 is 0 Å². The quantitative estimate of drug-likeness (QED) is 0.423. The summed E-state index contributed by atoms with van der Waals surface area (Å²) in [4.78, 5) is 22.0. The molecule has 1 saturated heterocycles. The third-order valence-corrected chi connectivity index (χ3v) is 7.05.